The molecule has 1 saturated carbocycles. The fourth-order valence-corrected chi connectivity index (χ4v) is 2.26. The molecule has 0 radical (unpaired) electrons. The van der Waals surface area contributed by atoms with Crippen LogP contribution in [0, 0.1) is 5.92 Å². The Kier molecular flexibility index (Phi) is 2.33. The van der Waals surface area contributed by atoms with E-state index in [9.17, 15) is 9.59 Å². The first-order valence-corrected chi connectivity index (χ1v) is 5.87. The van der Waals surface area contributed by atoms with Crippen LogP contribution in [-0.2, 0) is 4.79 Å². The highest BCUT2D eigenvalue weighted by Gasteiger charge is 2.41. The highest BCUT2D eigenvalue weighted by atomic mass is 16.5. The zero-order valence-corrected chi connectivity index (χ0v) is 9.88. The Morgan fingerprint density at radius 2 is 2.17 bits per heavy atom. The molecule has 2 heterocycles. The third-order valence-electron chi connectivity index (χ3n) is 3.37. The van der Waals surface area contributed by atoms with Crippen LogP contribution >= 0.6 is 0 Å². The molecule has 1 fully saturated rings. The van der Waals surface area contributed by atoms with E-state index < -0.39 is 5.97 Å². The largest absolute Gasteiger partial charge is 0.482 e. The number of carboxylic acid groups (broad SMARTS) is 1. The van der Waals surface area contributed by atoms with Crippen LogP contribution in [0.2, 0.25) is 0 Å². The number of nitrogens with zero attached hydrogens (tertiary/aromatic N) is 1. The molecule has 2 aliphatic rings. The monoisotopic (exact) mass is 251 g/mol. The van der Waals surface area contributed by atoms with Gasteiger partial charge >= 0.3 is 5.97 Å². The van der Waals surface area contributed by atoms with Crippen molar-refractivity contribution < 1.29 is 23.8 Å². The highest BCUT2D eigenvalue weighted by molar-refractivity contribution is 5.97. The van der Waals surface area contributed by atoms with Crippen molar-refractivity contribution in [2.24, 2.45) is 5.92 Å². The SMILES string of the molecule is CC(=O)N1CC(C2CC2)Oc2c1coc2C(=O)O. The van der Waals surface area contributed by atoms with E-state index in [4.69, 9.17) is 14.3 Å². The van der Waals surface area contributed by atoms with Gasteiger partial charge in [-0.3, -0.25) is 4.79 Å². The number of fused-ring (bicyclic) bond motifs is 1. The first-order valence-electron chi connectivity index (χ1n) is 5.87. The van der Waals surface area contributed by atoms with E-state index >= 15 is 0 Å². The van der Waals surface area contributed by atoms with Crippen LogP contribution in [0.3, 0.4) is 0 Å². The summed E-state index contributed by atoms with van der Waals surface area (Å²) in [5.41, 5.74) is 0.414. The molecule has 1 aliphatic carbocycles. The Morgan fingerprint density at radius 3 is 2.72 bits per heavy atom. The average molecular weight is 251 g/mol. The predicted octanol–water partition coefficient (Wildman–Crippen LogP) is 1.50. The number of hydrogen-bond donors (Lipinski definition) is 1. The lowest BCUT2D eigenvalue weighted by molar-refractivity contribution is -0.117. The van der Waals surface area contributed by atoms with Gasteiger partial charge in [-0.15, -0.1) is 0 Å². The molecule has 6 heteroatoms. The molecule has 1 aromatic heterocycles. The maximum absolute atomic E-state index is 11.6. The van der Waals surface area contributed by atoms with Crippen molar-refractivity contribution in [1.29, 1.82) is 0 Å². The summed E-state index contributed by atoms with van der Waals surface area (Å²) in [6, 6.07) is 0. The number of rotatable bonds is 2. The second-order valence-corrected chi connectivity index (χ2v) is 4.71. The van der Waals surface area contributed by atoms with Crippen LogP contribution in [0.1, 0.15) is 30.3 Å². The van der Waals surface area contributed by atoms with Gasteiger partial charge in [-0.1, -0.05) is 0 Å². The van der Waals surface area contributed by atoms with Gasteiger partial charge in [0.05, 0.1) is 6.54 Å². The van der Waals surface area contributed by atoms with Crippen molar-refractivity contribution in [3.63, 3.8) is 0 Å². The minimum Gasteiger partial charge on any atom is -0.482 e. The molecule has 1 amide bonds. The van der Waals surface area contributed by atoms with E-state index in [1.165, 1.54) is 18.1 Å². The molecule has 96 valence electrons. The minimum absolute atomic E-state index is 0.128. The molecule has 1 unspecified atom stereocenters. The van der Waals surface area contributed by atoms with Gasteiger partial charge in [0.25, 0.3) is 5.76 Å². The first-order chi connectivity index (χ1) is 8.58. The third kappa shape index (κ3) is 1.64. The van der Waals surface area contributed by atoms with Crippen molar-refractivity contribution in [2.45, 2.75) is 25.9 Å². The van der Waals surface area contributed by atoms with E-state index in [-0.39, 0.29) is 23.5 Å². The number of carbonyl (C=O) groups excluding carboxylic acids is 1. The van der Waals surface area contributed by atoms with E-state index in [0.717, 1.165) is 12.8 Å². The van der Waals surface area contributed by atoms with Gasteiger partial charge < -0.3 is 19.2 Å². The van der Waals surface area contributed by atoms with Gasteiger partial charge in [-0.05, 0) is 18.8 Å². The van der Waals surface area contributed by atoms with Gasteiger partial charge in [-0.2, -0.15) is 0 Å². The number of carbonyl (C=O) groups is 2. The van der Waals surface area contributed by atoms with Crippen molar-refractivity contribution in [3.8, 4) is 5.75 Å². The summed E-state index contributed by atoms with van der Waals surface area (Å²) < 4.78 is 10.7. The number of furan rings is 1. The molecule has 3 rings (SSSR count). The van der Waals surface area contributed by atoms with E-state index in [0.29, 0.717) is 18.2 Å². The summed E-state index contributed by atoms with van der Waals surface area (Å²) in [7, 11) is 0. The van der Waals surface area contributed by atoms with Crippen LogP contribution in [-0.4, -0.2) is 29.6 Å². The zero-order chi connectivity index (χ0) is 12.9. The number of carboxylic acids is 1. The smallest absolute Gasteiger partial charge is 0.375 e. The summed E-state index contributed by atoms with van der Waals surface area (Å²) in [5, 5.41) is 9.02. The van der Waals surface area contributed by atoms with E-state index in [1.54, 1.807) is 0 Å². The number of amides is 1. The Labute approximate surface area is 103 Å². The fraction of sp³-hybridized carbons (Fsp3) is 0.500. The van der Waals surface area contributed by atoms with Gasteiger partial charge in [0.2, 0.25) is 5.91 Å². The summed E-state index contributed by atoms with van der Waals surface area (Å²) in [5.74, 6) is -0.960. The van der Waals surface area contributed by atoms with E-state index in [2.05, 4.69) is 0 Å². The predicted molar refractivity (Wildman–Crippen MR) is 60.8 cm³/mol. The molecular weight excluding hydrogens is 238 g/mol. The lowest BCUT2D eigenvalue weighted by atomic mass is 10.1. The molecule has 1 aliphatic heterocycles. The Morgan fingerprint density at radius 1 is 1.44 bits per heavy atom. The van der Waals surface area contributed by atoms with Crippen LogP contribution in [0.25, 0.3) is 0 Å². The summed E-state index contributed by atoms with van der Waals surface area (Å²) in [6.07, 6.45) is 3.26. The second kappa shape index (κ2) is 3.76. The number of hydrogen-bond acceptors (Lipinski definition) is 4. The van der Waals surface area contributed by atoms with Crippen LogP contribution in [0.5, 0.6) is 5.75 Å². The quantitative estimate of drug-likeness (QED) is 0.861. The maximum Gasteiger partial charge on any atom is 0.375 e. The molecule has 6 nitrogen and oxygen atoms in total. The Balaban J connectivity index is 2.01. The highest BCUT2D eigenvalue weighted by Crippen LogP contribution is 2.44. The van der Waals surface area contributed by atoms with Crippen LogP contribution < -0.4 is 9.64 Å². The number of anilines is 1. The molecule has 0 bridgehead atoms. The lowest BCUT2D eigenvalue weighted by Gasteiger charge is -2.32. The average Bonchev–Trinajstić information content (AvgIpc) is 3.07. The Hall–Kier alpha value is -1.98. The third-order valence-corrected chi connectivity index (χ3v) is 3.37. The van der Waals surface area contributed by atoms with Gasteiger partial charge in [0, 0.05) is 6.92 Å². The van der Waals surface area contributed by atoms with Crippen molar-refractivity contribution in [1.82, 2.24) is 0 Å². The Bertz CT molecular complexity index is 517. The summed E-state index contributed by atoms with van der Waals surface area (Å²) >= 11 is 0. The van der Waals surface area contributed by atoms with Crippen molar-refractivity contribution in [3.05, 3.63) is 12.0 Å². The topological polar surface area (TPSA) is 80.0 Å². The standard InChI is InChI=1S/C12H13NO5/c1-6(14)13-4-9(7-2-3-7)18-10-8(13)5-17-11(10)12(15)16/h5,7,9H,2-4H2,1H3,(H,15,16). The van der Waals surface area contributed by atoms with Gasteiger partial charge in [-0.25, -0.2) is 4.79 Å². The molecule has 0 saturated heterocycles. The van der Waals surface area contributed by atoms with Gasteiger partial charge in [0.1, 0.15) is 18.1 Å². The maximum atomic E-state index is 11.6. The minimum atomic E-state index is -1.18. The van der Waals surface area contributed by atoms with Crippen molar-refractivity contribution >= 4 is 17.6 Å². The number of aromatic carboxylic acids is 1. The number of ether oxygens (including phenoxy) is 1. The zero-order valence-electron chi connectivity index (χ0n) is 9.88. The van der Waals surface area contributed by atoms with Crippen molar-refractivity contribution in [2.75, 3.05) is 11.4 Å². The molecule has 1 aromatic rings. The normalized spacial score (nSPS) is 22.3. The molecule has 18 heavy (non-hydrogen) atoms. The second-order valence-electron chi connectivity index (χ2n) is 4.71. The summed E-state index contributed by atoms with van der Waals surface area (Å²) in [4.78, 5) is 24.2. The first kappa shape index (κ1) is 11.1. The molecule has 0 aromatic carbocycles. The molecule has 0 spiro atoms. The van der Waals surface area contributed by atoms with Crippen LogP contribution in [0.4, 0.5) is 5.69 Å². The van der Waals surface area contributed by atoms with Gasteiger partial charge in [0.15, 0.2) is 5.75 Å². The molecule has 1 N–H and O–H groups in total. The fourth-order valence-electron chi connectivity index (χ4n) is 2.26. The molecule has 1 atom stereocenters. The van der Waals surface area contributed by atoms with Crippen LogP contribution in [0.15, 0.2) is 10.7 Å². The molecular formula is C12H13NO5. The summed E-state index contributed by atoms with van der Waals surface area (Å²) in [6.45, 7) is 1.91. The van der Waals surface area contributed by atoms with E-state index in [1.807, 2.05) is 0 Å². The lowest BCUT2D eigenvalue weighted by Crippen LogP contribution is -2.43.